The number of halogens is 2. The van der Waals surface area contributed by atoms with Gasteiger partial charge in [0.1, 0.15) is 29.1 Å². The number of fused-ring (bicyclic) bond motifs is 1. The quantitative estimate of drug-likeness (QED) is 0.569. The minimum atomic E-state index is -2.56. The molecule has 4 aromatic heterocycles. The predicted molar refractivity (Wildman–Crippen MR) is 103 cm³/mol. The molecule has 0 amide bonds. The highest BCUT2D eigenvalue weighted by Gasteiger charge is 2.27. The van der Waals surface area contributed by atoms with Crippen LogP contribution in [0.2, 0.25) is 0 Å². The Morgan fingerprint density at radius 3 is 2.59 bits per heavy atom. The van der Waals surface area contributed by atoms with Gasteiger partial charge in [-0.3, -0.25) is 10.1 Å². The normalized spacial score (nSPS) is 14.0. The first-order chi connectivity index (χ1) is 14.0. The Bertz CT molecular complexity index is 1190. The van der Waals surface area contributed by atoms with Gasteiger partial charge < -0.3 is 4.90 Å². The SMILES string of the molecule is Cc1[nH]nc(-c2nc(C)n3ncnc(N4CCC4)c23)c1-c1ccc(C(F)F)cn1. The van der Waals surface area contributed by atoms with Gasteiger partial charge in [0.15, 0.2) is 5.82 Å². The zero-order valence-corrected chi connectivity index (χ0v) is 15.9. The van der Waals surface area contributed by atoms with E-state index in [4.69, 9.17) is 4.98 Å². The average Bonchev–Trinajstić information content (AvgIpc) is 3.21. The van der Waals surface area contributed by atoms with E-state index in [-0.39, 0.29) is 5.56 Å². The van der Waals surface area contributed by atoms with E-state index in [1.807, 2.05) is 13.8 Å². The van der Waals surface area contributed by atoms with Crippen molar-refractivity contribution in [1.29, 1.82) is 0 Å². The number of hydrogen-bond acceptors (Lipinski definition) is 6. The van der Waals surface area contributed by atoms with Crippen molar-refractivity contribution in [2.45, 2.75) is 26.7 Å². The van der Waals surface area contributed by atoms with E-state index in [0.717, 1.165) is 42.1 Å². The second-order valence-corrected chi connectivity index (χ2v) is 7.04. The Kier molecular flexibility index (Phi) is 4.00. The lowest BCUT2D eigenvalue weighted by atomic mass is 10.1. The Morgan fingerprint density at radius 1 is 1.10 bits per heavy atom. The molecule has 5 rings (SSSR count). The van der Waals surface area contributed by atoms with Gasteiger partial charge in [-0.05, 0) is 32.4 Å². The molecule has 29 heavy (non-hydrogen) atoms. The van der Waals surface area contributed by atoms with Crippen LogP contribution >= 0.6 is 0 Å². The first kappa shape index (κ1) is 17.7. The summed E-state index contributed by atoms with van der Waals surface area (Å²) in [5.41, 5.74) is 3.96. The fourth-order valence-corrected chi connectivity index (χ4v) is 3.58. The molecule has 0 spiro atoms. The van der Waals surface area contributed by atoms with E-state index in [0.29, 0.717) is 22.9 Å². The molecule has 0 radical (unpaired) electrons. The smallest absolute Gasteiger partial charge is 0.265 e. The van der Waals surface area contributed by atoms with Gasteiger partial charge in [0, 0.05) is 30.5 Å². The molecular weight excluding hydrogens is 378 g/mol. The third-order valence-corrected chi connectivity index (χ3v) is 5.20. The first-order valence-electron chi connectivity index (χ1n) is 9.29. The zero-order valence-electron chi connectivity index (χ0n) is 15.9. The van der Waals surface area contributed by atoms with E-state index >= 15 is 0 Å². The molecule has 148 valence electrons. The van der Waals surface area contributed by atoms with Crippen LogP contribution in [0.25, 0.3) is 28.2 Å². The largest absolute Gasteiger partial charge is 0.355 e. The summed E-state index contributed by atoms with van der Waals surface area (Å²) in [6, 6.07) is 2.97. The minimum absolute atomic E-state index is 0.117. The van der Waals surface area contributed by atoms with E-state index in [9.17, 15) is 8.78 Å². The van der Waals surface area contributed by atoms with Crippen LogP contribution in [-0.4, -0.2) is 47.9 Å². The fraction of sp³-hybridized carbons (Fsp3) is 0.316. The molecule has 0 saturated carbocycles. The van der Waals surface area contributed by atoms with E-state index in [1.165, 1.54) is 18.6 Å². The molecule has 4 aromatic rings. The number of anilines is 1. The molecule has 1 N–H and O–H groups in total. The van der Waals surface area contributed by atoms with Gasteiger partial charge >= 0.3 is 0 Å². The Morgan fingerprint density at radius 2 is 1.93 bits per heavy atom. The van der Waals surface area contributed by atoms with Crippen molar-refractivity contribution in [2.24, 2.45) is 0 Å². The maximum atomic E-state index is 12.9. The van der Waals surface area contributed by atoms with Crippen molar-refractivity contribution in [2.75, 3.05) is 18.0 Å². The number of H-pyrrole nitrogens is 1. The van der Waals surface area contributed by atoms with E-state index < -0.39 is 6.43 Å². The van der Waals surface area contributed by atoms with Crippen LogP contribution in [0.1, 0.15) is 29.9 Å². The molecule has 1 fully saturated rings. The Balaban J connectivity index is 1.71. The summed E-state index contributed by atoms with van der Waals surface area (Å²) in [4.78, 5) is 15.6. The first-order valence-corrected chi connectivity index (χ1v) is 9.29. The molecule has 0 aliphatic carbocycles. The van der Waals surface area contributed by atoms with E-state index in [2.05, 4.69) is 30.2 Å². The molecule has 8 nitrogen and oxygen atoms in total. The zero-order chi connectivity index (χ0) is 20.1. The summed E-state index contributed by atoms with van der Waals surface area (Å²) in [5.74, 6) is 1.53. The number of pyridine rings is 1. The topological polar surface area (TPSA) is 87.9 Å². The highest BCUT2D eigenvalue weighted by Crippen LogP contribution is 2.37. The molecule has 1 aliphatic heterocycles. The van der Waals surface area contributed by atoms with Gasteiger partial charge in [0.2, 0.25) is 0 Å². The van der Waals surface area contributed by atoms with Crippen LogP contribution in [0.15, 0.2) is 24.7 Å². The van der Waals surface area contributed by atoms with Crippen LogP contribution in [-0.2, 0) is 0 Å². The van der Waals surface area contributed by atoms with Crippen LogP contribution < -0.4 is 4.90 Å². The number of alkyl halides is 2. The molecule has 0 bridgehead atoms. The molecule has 5 heterocycles. The summed E-state index contributed by atoms with van der Waals surface area (Å²) in [7, 11) is 0. The van der Waals surface area contributed by atoms with Crippen molar-refractivity contribution in [3.8, 4) is 22.6 Å². The van der Waals surface area contributed by atoms with Crippen molar-refractivity contribution in [3.05, 3.63) is 41.7 Å². The monoisotopic (exact) mass is 396 g/mol. The third-order valence-electron chi connectivity index (χ3n) is 5.20. The number of rotatable bonds is 4. The third kappa shape index (κ3) is 2.74. The Labute approximate surface area is 164 Å². The molecule has 0 atom stereocenters. The van der Waals surface area contributed by atoms with Crippen molar-refractivity contribution in [3.63, 3.8) is 0 Å². The number of aryl methyl sites for hydroxylation is 2. The average molecular weight is 396 g/mol. The van der Waals surface area contributed by atoms with Gasteiger partial charge in [0.25, 0.3) is 6.43 Å². The highest BCUT2D eigenvalue weighted by atomic mass is 19.3. The second-order valence-electron chi connectivity index (χ2n) is 7.04. The van der Waals surface area contributed by atoms with Gasteiger partial charge in [-0.1, -0.05) is 0 Å². The lowest BCUT2D eigenvalue weighted by Gasteiger charge is -2.32. The van der Waals surface area contributed by atoms with Crippen LogP contribution in [0.3, 0.4) is 0 Å². The van der Waals surface area contributed by atoms with Gasteiger partial charge in [-0.2, -0.15) is 10.2 Å². The number of aromatic amines is 1. The van der Waals surface area contributed by atoms with Crippen LogP contribution in [0.4, 0.5) is 14.6 Å². The fourth-order valence-electron chi connectivity index (χ4n) is 3.58. The number of imidazole rings is 1. The van der Waals surface area contributed by atoms with Crippen molar-refractivity contribution < 1.29 is 8.78 Å². The maximum Gasteiger partial charge on any atom is 0.265 e. The lowest BCUT2D eigenvalue weighted by molar-refractivity contribution is 0.151. The highest BCUT2D eigenvalue weighted by molar-refractivity contribution is 5.91. The summed E-state index contributed by atoms with van der Waals surface area (Å²) in [5, 5.41) is 11.8. The summed E-state index contributed by atoms with van der Waals surface area (Å²) < 4.78 is 27.6. The standard InChI is InChI=1S/C19H18F2N8/c1-10-14(13-5-4-12(8-22-13)18(20)21)15(27-26-10)16-17-19(28-6-3-7-28)23-9-24-29(17)11(2)25-16/h4-5,8-9,18H,3,6-7H2,1-2H3,(H,26,27). The van der Waals surface area contributed by atoms with Gasteiger partial charge in [0.05, 0.1) is 11.3 Å². The van der Waals surface area contributed by atoms with Crippen LogP contribution in [0.5, 0.6) is 0 Å². The Hall–Kier alpha value is -3.43. The predicted octanol–water partition coefficient (Wildman–Crippen LogP) is 3.34. The molecule has 10 heteroatoms. The molecule has 0 aromatic carbocycles. The van der Waals surface area contributed by atoms with Crippen molar-refractivity contribution in [1.82, 2.24) is 34.8 Å². The number of aromatic nitrogens is 7. The van der Waals surface area contributed by atoms with Crippen molar-refractivity contribution >= 4 is 11.3 Å². The van der Waals surface area contributed by atoms with Crippen LogP contribution in [0, 0.1) is 13.8 Å². The van der Waals surface area contributed by atoms with Gasteiger partial charge in [-0.25, -0.2) is 23.3 Å². The number of nitrogens with one attached hydrogen (secondary N) is 1. The minimum Gasteiger partial charge on any atom is -0.355 e. The molecule has 1 saturated heterocycles. The summed E-state index contributed by atoms with van der Waals surface area (Å²) in [6.07, 6.45) is 1.28. The summed E-state index contributed by atoms with van der Waals surface area (Å²) >= 11 is 0. The number of nitrogens with zero attached hydrogens (tertiary/aromatic N) is 7. The molecular formula is C19H18F2N8. The molecule has 0 unspecified atom stereocenters. The number of hydrogen-bond donors (Lipinski definition) is 1. The van der Waals surface area contributed by atoms with E-state index in [1.54, 1.807) is 10.6 Å². The maximum absolute atomic E-state index is 12.9. The second kappa shape index (κ2) is 6.57. The summed E-state index contributed by atoms with van der Waals surface area (Å²) in [6.45, 7) is 5.60. The molecule has 1 aliphatic rings. The lowest BCUT2D eigenvalue weighted by Crippen LogP contribution is -2.38. The van der Waals surface area contributed by atoms with Gasteiger partial charge in [-0.15, -0.1) is 0 Å².